The summed E-state index contributed by atoms with van der Waals surface area (Å²) in [4.78, 5) is 22.3. The van der Waals surface area contributed by atoms with Gasteiger partial charge in [-0.1, -0.05) is 18.2 Å². The lowest BCUT2D eigenvalue weighted by Gasteiger charge is -2.16. The largest absolute Gasteiger partial charge is 0.492 e. The van der Waals surface area contributed by atoms with Gasteiger partial charge in [-0.15, -0.1) is 0 Å². The minimum atomic E-state index is -0.0565. The second-order valence-electron chi connectivity index (χ2n) is 4.12. The highest BCUT2D eigenvalue weighted by Crippen LogP contribution is 2.26. The highest BCUT2D eigenvalue weighted by atomic mass is 16.5. The maximum absolute atomic E-state index is 11.6. The van der Waals surface area contributed by atoms with Crippen molar-refractivity contribution < 1.29 is 14.3 Å². The van der Waals surface area contributed by atoms with Crippen LogP contribution in [0, 0.1) is 0 Å². The van der Waals surface area contributed by atoms with E-state index < -0.39 is 0 Å². The van der Waals surface area contributed by atoms with Crippen LogP contribution in [-0.4, -0.2) is 24.8 Å². The normalized spacial score (nSPS) is 14.2. The van der Waals surface area contributed by atoms with Crippen molar-refractivity contribution in [1.82, 2.24) is 5.32 Å². The molecule has 0 spiro atoms. The summed E-state index contributed by atoms with van der Waals surface area (Å²) in [5, 5.41) is 2.67. The van der Waals surface area contributed by atoms with E-state index in [0.29, 0.717) is 30.9 Å². The third-order valence-corrected chi connectivity index (χ3v) is 2.67. The first-order valence-electron chi connectivity index (χ1n) is 5.88. The first kappa shape index (κ1) is 12.4. The Balaban J connectivity index is 2.07. The average Bonchev–Trinajstić information content (AvgIpc) is 2.35. The fraction of sp³-hybridized carbons (Fsp3) is 0.286. The number of carbonyl (C=O) groups excluding carboxylic acids is 2. The van der Waals surface area contributed by atoms with Crippen LogP contribution >= 0.6 is 0 Å². The quantitative estimate of drug-likeness (QED) is 0.883. The number of benzene rings is 1. The molecule has 1 heterocycles. The fourth-order valence-corrected chi connectivity index (χ4v) is 1.78. The number of rotatable bonds is 3. The van der Waals surface area contributed by atoms with Gasteiger partial charge in [0.2, 0.25) is 5.91 Å². The number of nitrogens with one attached hydrogen (secondary N) is 1. The summed E-state index contributed by atoms with van der Waals surface area (Å²) >= 11 is 0. The van der Waals surface area contributed by atoms with Crippen LogP contribution in [0.1, 0.15) is 29.3 Å². The topological polar surface area (TPSA) is 55.4 Å². The number of fused-ring (bicyclic) bond motifs is 1. The Bertz CT molecular complexity index is 506. The van der Waals surface area contributed by atoms with E-state index in [1.54, 1.807) is 6.07 Å². The van der Waals surface area contributed by atoms with E-state index in [2.05, 4.69) is 5.32 Å². The van der Waals surface area contributed by atoms with Crippen molar-refractivity contribution in [2.75, 3.05) is 13.2 Å². The lowest BCUT2D eigenvalue weighted by Crippen LogP contribution is -2.19. The lowest BCUT2D eigenvalue weighted by molar-refractivity contribution is -0.118. The van der Waals surface area contributed by atoms with Crippen molar-refractivity contribution in [1.29, 1.82) is 0 Å². The molecule has 0 saturated carbocycles. The number of amides is 1. The molecule has 1 aromatic rings. The van der Waals surface area contributed by atoms with Crippen LogP contribution in [0.3, 0.4) is 0 Å². The molecule has 2 rings (SSSR count). The summed E-state index contributed by atoms with van der Waals surface area (Å²) in [5.41, 5.74) is 1.61. The van der Waals surface area contributed by atoms with Crippen molar-refractivity contribution in [3.63, 3.8) is 0 Å². The van der Waals surface area contributed by atoms with Crippen molar-refractivity contribution >= 4 is 17.8 Å². The highest BCUT2D eigenvalue weighted by Gasteiger charge is 2.17. The summed E-state index contributed by atoms with van der Waals surface area (Å²) in [6.45, 7) is 2.42. The first-order chi connectivity index (χ1) is 8.66. The second-order valence-corrected chi connectivity index (χ2v) is 4.12. The molecule has 0 atom stereocenters. The van der Waals surface area contributed by atoms with Crippen molar-refractivity contribution in [2.24, 2.45) is 0 Å². The van der Waals surface area contributed by atoms with E-state index in [4.69, 9.17) is 4.74 Å². The zero-order valence-electron chi connectivity index (χ0n) is 10.2. The summed E-state index contributed by atoms with van der Waals surface area (Å²) in [5.74, 6) is 0.719. The van der Waals surface area contributed by atoms with Gasteiger partial charge in [0.25, 0.3) is 0 Å². The molecular weight excluding hydrogens is 230 g/mol. The van der Waals surface area contributed by atoms with Crippen LogP contribution in [0.15, 0.2) is 24.3 Å². The first-order valence-corrected chi connectivity index (χ1v) is 5.88. The van der Waals surface area contributed by atoms with Crippen molar-refractivity contribution in [3.05, 3.63) is 35.4 Å². The molecule has 0 radical (unpaired) electrons. The Morgan fingerprint density at radius 2 is 2.33 bits per heavy atom. The molecule has 0 bridgehead atoms. The number of ether oxygens (including phenoxy) is 1. The Hall–Kier alpha value is -2.10. The van der Waals surface area contributed by atoms with Gasteiger partial charge in [0.15, 0.2) is 5.78 Å². The summed E-state index contributed by atoms with van der Waals surface area (Å²) in [6.07, 6.45) is 4.19. The molecule has 1 amide bonds. The van der Waals surface area contributed by atoms with Crippen LogP contribution < -0.4 is 10.1 Å². The molecule has 18 heavy (non-hydrogen) atoms. The van der Waals surface area contributed by atoms with Gasteiger partial charge in [0.05, 0.1) is 12.2 Å². The van der Waals surface area contributed by atoms with Crippen LogP contribution in [0.5, 0.6) is 5.75 Å². The molecule has 1 N–H and O–H groups in total. The van der Waals surface area contributed by atoms with Crippen molar-refractivity contribution in [3.8, 4) is 5.75 Å². The van der Waals surface area contributed by atoms with Crippen LogP contribution in [0.2, 0.25) is 0 Å². The maximum atomic E-state index is 11.6. The molecule has 4 heteroatoms. The number of ketones is 1. The number of carbonyl (C=O) groups is 2. The zero-order chi connectivity index (χ0) is 13.0. The predicted octanol–water partition coefficient (Wildman–Crippen LogP) is 1.80. The van der Waals surface area contributed by atoms with Crippen LogP contribution in [-0.2, 0) is 4.79 Å². The molecule has 1 aliphatic heterocycles. The molecule has 0 fully saturated rings. The Morgan fingerprint density at radius 1 is 1.50 bits per heavy atom. The Labute approximate surface area is 106 Å². The Morgan fingerprint density at radius 3 is 3.11 bits per heavy atom. The minimum absolute atomic E-state index is 0.0565. The average molecular weight is 245 g/mol. The third-order valence-electron chi connectivity index (χ3n) is 2.67. The van der Waals surface area contributed by atoms with Gasteiger partial charge in [0.1, 0.15) is 5.75 Å². The van der Waals surface area contributed by atoms with Gasteiger partial charge in [0, 0.05) is 19.9 Å². The lowest BCUT2D eigenvalue weighted by atomic mass is 10.0. The van der Waals surface area contributed by atoms with Gasteiger partial charge >= 0.3 is 0 Å². The fourth-order valence-electron chi connectivity index (χ4n) is 1.78. The molecule has 0 aromatic heterocycles. The monoisotopic (exact) mass is 245 g/mol. The van der Waals surface area contributed by atoms with E-state index in [-0.39, 0.29) is 11.7 Å². The highest BCUT2D eigenvalue weighted by molar-refractivity contribution is 5.99. The van der Waals surface area contributed by atoms with E-state index in [9.17, 15) is 9.59 Å². The number of hydrogen-bond donors (Lipinski definition) is 1. The SMILES string of the molecule is CC(=O)NCC=Cc1ccc2c(c1)OCCC2=O. The van der Waals surface area contributed by atoms with Gasteiger partial charge in [-0.2, -0.15) is 0 Å². The van der Waals surface area contributed by atoms with Gasteiger partial charge in [-0.3, -0.25) is 9.59 Å². The van der Waals surface area contributed by atoms with E-state index in [1.807, 2.05) is 24.3 Å². The van der Waals surface area contributed by atoms with Crippen LogP contribution in [0.4, 0.5) is 0 Å². The van der Waals surface area contributed by atoms with Gasteiger partial charge in [-0.25, -0.2) is 0 Å². The molecule has 1 aliphatic rings. The molecule has 0 unspecified atom stereocenters. The van der Waals surface area contributed by atoms with Gasteiger partial charge in [-0.05, 0) is 17.7 Å². The van der Waals surface area contributed by atoms with E-state index in [0.717, 1.165) is 5.56 Å². The van der Waals surface area contributed by atoms with Crippen molar-refractivity contribution in [2.45, 2.75) is 13.3 Å². The molecule has 4 nitrogen and oxygen atoms in total. The smallest absolute Gasteiger partial charge is 0.217 e. The third kappa shape index (κ3) is 2.97. The molecule has 0 saturated heterocycles. The standard InChI is InChI=1S/C14H15NO3/c1-10(16)15-7-2-3-11-4-5-12-13(17)6-8-18-14(12)9-11/h2-5,9H,6-8H2,1H3,(H,15,16). The van der Waals surface area contributed by atoms with Gasteiger partial charge < -0.3 is 10.1 Å². The molecule has 0 aliphatic carbocycles. The number of hydrogen-bond acceptors (Lipinski definition) is 3. The maximum Gasteiger partial charge on any atom is 0.217 e. The summed E-state index contributed by atoms with van der Waals surface area (Å²) < 4.78 is 5.45. The van der Waals surface area contributed by atoms with E-state index >= 15 is 0 Å². The molecule has 1 aromatic carbocycles. The molecular formula is C14H15NO3. The van der Waals surface area contributed by atoms with E-state index in [1.165, 1.54) is 6.92 Å². The van der Waals surface area contributed by atoms with Crippen LogP contribution in [0.25, 0.3) is 6.08 Å². The summed E-state index contributed by atoms with van der Waals surface area (Å²) in [7, 11) is 0. The second kappa shape index (κ2) is 5.49. The predicted molar refractivity (Wildman–Crippen MR) is 68.6 cm³/mol. The minimum Gasteiger partial charge on any atom is -0.492 e. The summed E-state index contributed by atoms with van der Waals surface area (Å²) in [6, 6.07) is 5.50. The molecule has 94 valence electrons. The number of Topliss-reactive ketones (excluding diaryl/α,β-unsaturated/α-hetero) is 1. The Kier molecular flexibility index (Phi) is 3.77. The zero-order valence-corrected chi connectivity index (χ0v) is 10.2.